The van der Waals surface area contributed by atoms with Crippen LogP contribution in [0.15, 0.2) is 47.9 Å². The van der Waals surface area contributed by atoms with Gasteiger partial charge in [0.05, 0.1) is 6.61 Å². The van der Waals surface area contributed by atoms with Crippen molar-refractivity contribution in [2.45, 2.75) is 5.16 Å². The number of thioether (sulfide) groups is 1. The molecule has 0 spiro atoms. The molecule has 2 aromatic rings. The normalized spacial score (nSPS) is 10.1. The summed E-state index contributed by atoms with van der Waals surface area (Å²) in [6.45, 7) is 0.533. The molecular formula is C13H14N4O2S. The monoisotopic (exact) mass is 290 g/mol. The number of carbonyl (C=O) groups excluding carboxylic acids is 1. The smallest absolute Gasteiger partial charge is 0.265 e. The number of rotatable bonds is 6. The number of amides is 1. The number of carbonyl (C=O) groups is 1. The Balaban J connectivity index is 1.75. The molecule has 20 heavy (non-hydrogen) atoms. The zero-order chi connectivity index (χ0) is 14.2. The predicted molar refractivity (Wildman–Crippen MR) is 76.3 cm³/mol. The van der Waals surface area contributed by atoms with Crippen molar-refractivity contribution in [2.24, 2.45) is 5.84 Å². The second-order valence-corrected chi connectivity index (χ2v) is 4.79. The molecule has 1 aromatic carbocycles. The minimum Gasteiger partial charge on any atom is -0.493 e. The van der Waals surface area contributed by atoms with E-state index in [0.717, 1.165) is 10.9 Å². The lowest BCUT2D eigenvalue weighted by Gasteiger charge is -2.06. The molecule has 104 valence electrons. The van der Waals surface area contributed by atoms with Gasteiger partial charge in [0.25, 0.3) is 5.91 Å². The summed E-state index contributed by atoms with van der Waals surface area (Å²) in [5, 5.41) is 0.728. The van der Waals surface area contributed by atoms with Crippen molar-refractivity contribution in [2.75, 3.05) is 12.4 Å². The Kier molecular flexibility index (Phi) is 5.33. The Labute approximate surface area is 120 Å². The van der Waals surface area contributed by atoms with Crippen LogP contribution in [0.2, 0.25) is 0 Å². The van der Waals surface area contributed by atoms with Crippen molar-refractivity contribution >= 4 is 17.7 Å². The van der Waals surface area contributed by atoms with Gasteiger partial charge in [-0.2, -0.15) is 0 Å². The standard InChI is InChI=1S/C13H14N4O2S/c14-17-12(18)10-2-4-11(5-3-10)19-8-9-20-13-15-6-1-7-16-13/h1-7H,8-9,14H2,(H,17,18). The molecule has 1 heterocycles. The van der Waals surface area contributed by atoms with Crippen LogP contribution in [0.4, 0.5) is 0 Å². The third-order valence-corrected chi connectivity index (χ3v) is 3.21. The molecule has 0 aliphatic heterocycles. The van der Waals surface area contributed by atoms with Gasteiger partial charge in [0.2, 0.25) is 0 Å². The number of benzene rings is 1. The second kappa shape index (κ2) is 7.46. The average Bonchev–Trinajstić information content (AvgIpc) is 2.52. The topological polar surface area (TPSA) is 90.1 Å². The maximum atomic E-state index is 11.2. The number of nitrogens with one attached hydrogen (secondary N) is 1. The van der Waals surface area contributed by atoms with Crippen LogP contribution in [0.1, 0.15) is 10.4 Å². The molecule has 0 fully saturated rings. The molecule has 0 aliphatic carbocycles. The summed E-state index contributed by atoms with van der Waals surface area (Å²) >= 11 is 1.52. The van der Waals surface area contributed by atoms with Crippen LogP contribution in [0.3, 0.4) is 0 Å². The van der Waals surface area contributed by atoms with Crippen LogP contribution >= 0.6 is 11.8 Å². The predicted octanol–water partition coefficient (Wildman–Crippen LogP) is 1.25. The molecule has 7 heteroatoms. The van der Waals surface area contributed by atoms with Gasteiger partial charge in [-0.15, -0.1) is 0 Å². The summed E-state index contributed by atoms with van der Waals surface area (Å²) in [6, 6.07) is 8.55. The number of hydrogen-bond acceptors (Lipinski definition) is 6. The first kappa shape index (κ1) is 14.3. The highest BCUT2D eigenvalue weighted by Crippen LogP contribution is 2.14. The molecule has 0 saturated heterocycles. The number of hydrogen-bond donors (Lipinski definition) is 2. The Bertz CT molecular complexity index is 548. The number of ether oxygens (including phenoxy) is 1. The first-order valence-electron chi connectivity index (χ1n) is 5.93. The van der Waals surface area contributed by atoms with Gasteiger partial charge in [-0.1, -0.05) is 11.8 Å². The Hall–Kier alpha value is -2.12. The quantitative estimate of drug-likeness (QED) is 0.208. The van der Waals surface area contributed by atoms with Gasteiger partial charge in [0.15, 0.2) is 5.16 Å². The third kappa shape index (κ3) is 4.22. The summed E-state index contributed by atoms with van der Waals surface area (Å²) < 4.78 is 5.56. The zero-order valence-electron chi connectivity index (χ0n) is 10.7. The zero-order valence-corrected chi connectivity index (χ0v) is 11.5. The molecule has 0 unspecified atom stereocenters. The molecule has 0 radical (unpaired) electrons. The summed E-state index contributed by atoms with van der Waals surface area (Å²) in [7, 11) is 0. The lowest BCUT2D eigenvalue weighted by molar-refractivity contribution is 0.0953. The highest BCUT2D eigenvalue weighted by Gasteiger charge is 2.03. The first-order chi connectivity index (χ1) is 9.79. The molecule has 6 nitrogen and oxygen atoms in total. The lowest BCUT2D eigenvalue weighted by atomic mass is 10.2. The largest absolute Gasteiger partial charge is 0.493 e. The van der Waals surface area contributed by atoms with E-state index in [0.29, 0.717) is 17.9 Å². The van der Waals surface area contributed by atoms with Gasteiger partial charge in [-0.05, 0) is 30.3 Å². The fraction of sp³-hybridized carbons (Fsp3) is 0.154. The van der Waals surface area contributed by atoms with Crippen LogP contribution in [0.5, 0.6) is 5.75 Å². The fourth-order valence-corrected chi connectivity index (χ4v) is 2.06. The minimum atomic E-state index is -0.326. The lowest BCUT2D eigenvalue weighted by Crippen LogP contribution is -2.29. The molecule has 2 rings (SSSR count). The highest BCUT2D eigenvalue weighted by molar-refractivity contribution is 7.99. The second-order valence-electron chi connectivity index (χ2n) is 3.73. The van der Waals surface area contributed by atoms with Crippen LogP contribution in [0, 0.1) is 0 Å². The van der Waals surface area contributed by atoms with Gasteiger partial charge in [-0.25, -0.2) is 15.8 Å². The van der Waals surface area contributed by atoms with Crippen molar-refractivity contribution in [3.63, 3.8) is 0 Å². The Morgan fingerprint density at radius 3 is 2.60 bits per heavy atom. The maximum Gasteiger partial charge on any atom is 0.265 e. The van der Waals surface area contributed by atoms with E-state index in [1.54, 1.807) is 42.7 Å². The molecule has 1 aromatic heterocycles. The molecule has 0 atom stereocenters. The number of aromatic nitrogens is 2. The molecule has 3 N–H and O–H groups in total. The fourth-order valence-electron chi connectivity index (χ4n) is 1.44. The van der Waals surface area contributed by atoms with Crippen LogP contribution < -0.4 is 16.0 Å². The van der Waals surface area contributed by atoms with Gasteiger partial charge in [-0.3, -0.25) is 10.2 Å². The van der Waals surface area contributed by atoms with Gasteiger partial charge in [0, 0.05) is 23.7 Å². The average molecular weight is 290 g/mol. The van der Waals surface area contributed by atoms with Crippen molar-refractivity contribution in [3.05, 3.63) is 48.3 Å². The van der Waals surface area contributed by atoms with E-state index in [9.17, 15) is 4.79 Å². The Morgan fingerprint density at radius 2 is 1.95 bits per heavy atom. The number of nitrogens with two attached hydrogens (primary N) is 1. The van der Waals surface area contributed by atoms with E-state index < -0.39 is 0 Å². The number of nitrogens with zero attached hydrogens (tertiary/aromatic N) is 2. The van der Waals surface area contributed by atoms with Crippen molar-refractivity contribution in [1.82, 2.24) is 15.4 Å². The summed E-state index contributed by atoms with van der Waals surface area (Å²) in [5.41, 5.74) is 2.57. The molecule has 1 amide bonds. The van der Waals surface area contributed by atoms with E-state index in [-0.39, 0.29) is 5.91 Å². The molecule has 0 aliphatic rings. The van der Waals surface area contributed by atoms with Crippen molar-refractivity contribution < 1.29 is 9.53 Å². The number of nitrogen functional groups attached to an aromatic ring is 1. The third-order valence-electron chi connectivity index (χ3n) is 2.37. The molecular weight excluding hydrogens is 276 g/mol. The molecule has 0 saturated carbocycles. The number of hydrazine groups is 1. The van der Waals surface area contributed by atoms with E-state index >= 15 is 0 Å². The van der Waals surface area contributed by atoms with Crippen LogP contribution in [-0.2, 0) is 0 Å². The van der Waals surface area contributed by atoms with Crippen LogP contribution in [0.25, 0.3) is 0 Å². The summed E-state index contributed by atoms with van der Waals surface area (Å²) in [5.74, 6) is 6.17. The maximum absolute atomic E-state index is 11.2. The van der Waals surface area contributed by atoms with Gasteiger partial charge in [0.1, 0.15) is 5.75 Å². The minimum absolute atomic E-state index is 0.326. The summed E-state index contributed by atoms with van der Waals surface area (Å²) in [4.78, 5) is 19.5. The Morgan fingerprint density at radius 1 is 1.25 bits per heavy atom. The van der Waals surface area contributed by atoms with Gasteiger partial charge >= 0.3 is 0 Å². The van der Waals surface area contributed by atoms with Crippen LogP contribution in [-0.4, -0.2) is 28.2 Å². The first-order valence-corrected chi connectivity index (χ1v) is 6.92. The summed E-state index contributed by atoms with van der Waals surface area (Å²) in [6.07, 6.45) is 3.41. The van der Waals surface area contributed by atoms with E-state index in [2.05, 4.69) is 15.4 Å². The van der Waals surface area contributed by atoms with E-state index in [4.69, 9.17) is 10.6 Å². The van der Waals surface area contributed by atoms with E-state index in [1.165, 1.54) is 11.8 Å². The van der Waals surface area contributed by atoms with Crippen molar-refractivity contribution in [3.8, 4) is 5.75 Å². The van der Waals surface area contributed by atoms with Gasteiger partial charge < -0.3 is 4.74 Å². The highest BCUT2D eigenvalue weighted by atomic mass is 32.2. The van der Waals surface area contributed by atoms with Crippen molar-refractivity contribution in [1.29, 1.82) is 0 Å². The van der Waals surface area contributed by atoms with E-state index in [1.807, 2.05) is 0 Å². The SMILES string of the molecule is NNC(=O)c1ccc(OCCSc2ncccn2)cc1. The molecule has 0 bridgehead atoms.